The van der Waals surface area contributed by atoms with E-state index >= 15 is 0 Å². The maximum atomic E-state index is 12.4. The molecule has 2 aromatic rings. The van der Waals surface area contributed by atoms with Gasteiger partial charge in [0, 0.05) is 23.9 Å². The number of ether oxygens (including phenoxy) is 1. The van der Waals surface area contributed by atoms with Crippen LogP contribution in [-0.2, 0) is 4.79 Å². The summed E-state index contributed by atoms with van der Waals surface area (Å²) >= 11 is 8.39. The Morgan fingerprint density at radius 2 is 1.69 bits per heavy atom. The summed E-state index contributed by atoms with van der Waals surface area (Å²) in [5.41, 5.74) is 1.84. The highest BCUT2D eigenvalue weighted by Gasteiger charge is 2.10. The summed E-state index contributed by atoms with van der Waals surface area (Å²) < 4.78 is 6.16. The highest BCUT2D eigenvalue weighted by molar-refractivity contribution is 9.10. The maximum absolute atomic E-state index is 12.4. The van der Waals surface area contributed by atoms with E-state index in [4.69, 9.17) is 17.0 Å². The monoisotopic (exact) mass is 435 g/mol. The molecule has 0 saturated heterocycles. The lowest BCUT2D eigenvalue weighted by Gasteiger charge is -2.10. The third-order valence-corrected chi connectivity index (χ3v) is 4.01. The van der Waals surface area contributed by atoms with Crippen LogP contribution in [0, 0.1) is 0 Å². The number of carbonyl (C=O) groups is 2. The number of nitrogens with one attached hydrogen (secondary N) is 3. The largest absolute Gasteiger partial charge is 0.493 e. The van der Waals surface area contributed by atoms with Gasteiger partial charge >= 0.3 is 0 Å². The summed E-state index contributed by atoms with van der Waals surface area (Å²) in [4.78, 5) is 23.3. The first kappa shape index (κ1) is 19.9. The standard InChI is InChI=1S/C18H18BrN3O3S/c1-3-25-16-9-4-12(10-15(16)19)17(24)21-13-5-7-14(8-6-13)22-18(26)20-11(2)23/h4-10H,3H2,1-2H3,(H,21,24)(H2,20,22,23,26). The highest BCUT2D eigenvalue weighted by atomic mass is 79.9. The Balaban J connectivity index is 2.00. The van der Waals surface area contributed by atoms with Gasteiger partial charge in [-0.25, -0.2) is 0 Å². The topological polar surface area (TPSA) is 79.5 Å². The summed E-state index contributed by atoms with van der Waals surface area (Å²) in [6, 6.07) is 12.1. The fraction of sp³-hybridized carbons (Fsp3) is 0.167. The number of anilines is 2. The number of amides is 2. The SMILES string of the molecule is CCOc1ccc(C(=O)Nc2ccc(NC(=S)NC(C)=O)cc2)cc1Br. The van der Waals surface area contributed by atoms with Gasteiger partial charge in [-0.3, -0.25) is 9.59 Å². The van der Waals surface area contributed by atoms with Gasteiger partial charge in [0.1, 0.15) is 5.75 Å². The summed E-state index contributed by atoms with van der Waals surface area (Å²) in [6.07, 6.45) is 0. The summed E-state index contributed by atoms with van der Waals surface area (Å²) in [7, 11) is 0. The van der Waals surface area contributed by atoms with Gasteiger partial charge in [-0.2, -0.15) is 0 Å². The quantitative estimate of drug-likeness (QED) is 0.619. The number of halogens is 1. The smallest absolute Gasteiger partial charge is 0.255 e. The lowest BCUT2D eigenvalue weighted by molar-refractivity contribution is -0.117. The molecule has 2 aromatic carbocycles. The van der Waals surface area contributed by atoms with Gasteiger partial charge in [0.15, 0.2) is 5.11 Å². The molecule has 0 aromatic heterocycles. The van der Waals surface area contributed by atoms with Crippen LogP contribution in [0.1, 0.15) is 24.2 Å². The van der Waals surface area contributed by atoms with E-state index in [1.807, 2.05) is 6.92 Å². The predicted molar refractivity (Wildman–Crippen MR) is 110 cm³/mol. The van der Waals surface area contributed by atoms with Crippen molar-refractivity contribution in [2.24, 2.45) is 0 Å². The van der Waals surface area contributed by atoms with Gasteiger partial charge in [-0.1, -0.05) is 0 Å². The van der Waals surface area contributed by atoms with Crippen LogP contribution in [0.3, 0.4) is 0 Å². The zero-order valence-electron chi connectivity index (χ0n) is 14.3. The minimum Gasteiger partial charge on any atom is -0.493 e. The number of benzene rings is 2. The molecule has 0 heterocycles. The van der Waals surface area contributed by atoms with Gasteiger partial charge in [0.2, 0.25) is 5.91 Å². The fourth-order valence-corrected chi connectivity index (χ4v) is 2.83. The van der Waals surface area contributed by atoms with E-state index in [0.717, 1.165) is 4.47 Å². The van der Waals surface area contributed by atoms with E-state index < -0.39 is 0 Å². The van der Waals surface area contributed by atoms with Crippen molar-refractivity contribution in [2.75, 3.05) is 17.2 Å². The normalized spacial score (nSPS) is 9.96. The minimum atomic E-state index is -0.243. The molecule has 0 radical (unpaired) electrons. The van der Waals surface area contributed by atoms with E-state index in [1.165, 1.54) is 6.92 Å². The Labute approximate surface area is 165 Å². The van der Waals surface area contributed by atoms with Crippen LogP contribution in [0.5, 0.6) is 5.75 Å². The summed E-state index contributed by atoms with van der Waals surface area (Å²) in [5.74, 6) is 0.214. The van der Waals surface area contributed by atoms with Gasteiger partial charge in [0.05, 0.1) is 11.1 Å². The molecule has 0 aliphatic carbocycles. The van der Waals surface area contributed by atoms with Crippen molar-refractivity contribution in [3.63, 3.8) is 0 Å². The molecule has 0 spiro atoms. The number of rotatable bonds is 5. The average Bonchev–Trinajstić information content (AvgIpc) is 2.57. The molecule has 2 amide bonds. The summed E-state index contributed by atoms with van der Waals surface area (Å²) in [6.45, 7) is 3.83. The number of thiocarbonyl (C=S) groups is 1. The molecule has 0 saturated carbocycles. The highest BCUT2D eigenvalue weighted by Crippen LogP contribution is 2.26. The second-order valence-corrected chi connectivity index (χ2v) is 6.51. The van der Waals surface area contributed by atoms with Crippen LogP contribution in [0.2, 0.25) is 0 Å². The van der Waals surface area contributed by atoms with Crippen LogP contribution >= 0.6 is 28.1 Å². The number of hydrogen-bond donors (Lipinski definition) is 3. The first-order chi connectivity index (χ1) is 12.4. The zero-order chi connectivity index (χ0) is 19.1. The van der Waals surface area contributed by atoms with Gasteiger partial charge in [0.25, 0.3) is 5.91 Å². The van der Waals surface area contributed by atoms with Gasteiger partial charge in [-0.05, 0) is 77.5 Å². The van der Waals surface area contributed by atoms with E-state index in [-0.39, 0.29) is 16.9 Å². The average molecular weight is 436 g/mol. The van der Waals surface area contributed by atoms with E-state index in [1.54, 1.807) is 42.5 Å². The van der Waals surface area contributed by atoms with Crippen LogP contribution < -0.4 is 20.7 Å². The third kappa shape index (κ3) is 5.82. The van der Waals surface area contributed by atoms with Crippen LogP contribution in [-0.4, -0.2) is 23.5 Å². The van der Waals surface area contributed by atoms with Crippen LogP contribution in [0.25, 0.3) is 0 Å². The van der Waals surface area contributed by atoms with Crippen molar-refractivity contribution >= 4 is 56.4 Å². The Bertz CT molecular complexity index is 825. The zero-order valence-corrected chi connectivity index (χ0v) is 16.7. The number of hydrogen-bond acceptors (Lipinski definition) is 4. The second-order valence-electron chi connectivity index (χ2n) is 5.24. The van der Waals surface area contributed by atoms with E-state index in [2.05, 4.69) is 31.9 Å². The molecule has 0 aliphatic heterocycles. The Kier molecular flexibility index (Phi) is 7.11. The molecule has 0 aliphatic rings. The molecule has 8 heteroatoms. The van der Waals surface area contributed by atoms with Crippen molar-refractivity contribution in [2.45, 2.75) is 13.8 Å². The Morgan fingerprint density at radius 3 is 2.23 bits per heavy atom. The number of carbonyl (C=O) groups excluding carboxylic acids is 2. The first-order valence-electron chi connectivity index (χ1n) is 7.81. The third-order valence-electron chi connectivity index (χ3n) is 3.18. The molecule has 26 heavy (non-hydrogen) atoms. The minimum absolute atomic E-state index is 0.216. The van der Waals surface area contributed by atoms with Crippen LogP contribution in [0.4, 0.5) is 11.4 Å². The van der Waals surface area contributed by atoms with Crippen molar-refractivity contribution in [1.82, 2.24) is 5.32 Å². The molecule has 0 atom stereocenters. The molecule has 0 fully saturated rings. The Morgan fingerprint density at radius 1 is 1.08 bits per heavy atom. The molecule has 2 rings (SSSR count). The van der Waals surface area contributed by atoms with Crippen LogP contribution in [0.15, 0.2) is 46.9 Å². The molecule has 3 N–H and O–H groups in total. The second kappa shape index (κ2) is 9.30. The summed E-state index contributed by atoms with van der Waals surface area (Å²) in [5, 5.41) is 8.39. The molecule has 6 nitrogen and oxygen atoms in total. The fourth-order valence-electron chi connectivity index (χ4n) is 2.08. The molecule has 0 bridgehead atoms. The van der Waals surface area contributed by atoms with E-state index in [0.29, 0.717) is 29.3 Å². The molecular formula is C18H18BrN3O3S. The molecule has 0 unspecified atom stereocenters. The van der Waals surface area contributed by atoms with Gasteiger partial charge in [-0.15, -0.1) is 0 Å². The predicted octanol–water partition coefficient (Wildman–Crippen LogP) is 3.93. The van der Waals surface area contributed by atoms with Crippen molar-refractivity contribution in [3.8, 4) is 5.75 Å². The molecule has 136 valence electrons. The van der Waals surface area contributed by atoms with Crippen molar-refractivity contribution in [3.05, 3.63) is 52.5 Å². The van der Waals surface area contributed by atoms with Crippen molar-refractivity contribution in [1.29, 1.82) is 0 Å². The Hall–Kier alpha value is -2.45. The van der Waals surface area contributed by atoms with Gasteiger partial charge < -0.3 is 20.7 Å². The lowest BCUT2D eigenvalue weighted by Crippen LogP contribution is -2.32. The maximum Gasteiger partial charge on any atom is 0.255 e. The lowest BCUT2D eigenvalue weighted by atomic mass is 10.2. The van der Waals surface area contributed by atoms with E-state index in [9.17, 15) is 9.59 Å². The van der Waals surface area contributed by atoms with Crippen molar-refractivity contribution < 1.29 is 14.3 Å². The first-order valence-corrected chi connectivity index (χ1v) is 9.01. The molecular weight excluding hydrogens is 418 g/mol.